The molecule has 0 amide bonds. The topological polar surface area (TPSA) is 12.5 Å². The van der Waals surface area contributed by atoms with Crippen molar-refractivity contribution in [1.82, 2.24) is 4.90 Å². The molecule has 2 aromatic rings. The van der Waals surface area contributed by atoms with E-state index in [1.165, 1.54) is 16.7 Å². The lowest BCUT2D eigenvalue weighted by Crippen LogP contribution is -2.22. The lowest BCUT2D eigenvalue weighted by atomic mass is 9.98. The van der Waals surface area contributed by atoms with E-state index in [9.17, 15) is 0 Å². The molecule has 2 aromatic carbocycles. The zero-order chi connectivity index (χ0) is 20.4. The minimum Gasteiger partial charge on any atom is -0.489 e. The predicted molar refractivity (Wildman–Crippen MR) is 127 cm³/mol. The van der Waals surface area contributed by atoms with Crippen LogP contribution in [-0.4, -0.2) is 18.0 Å². The second-order valence-electron chi connectivity index (χ2n) is 8.11. The summed E-state index contributed by atoms with van der Waals surface area (Å²) in [4.78, 5) is 2.38. The summed E-state index contributed by atoms with van der Waals surface area (Å²) in [5, 5.41) is 0. The van der Waals surface area contributed by atoms with Crippen molar-refractivity contribution in [2.45, 2.75) is 47.8 Å². The van der Waals surface area contributed by atoms with Crippen molar-refractivity contribution in [2.24, 2.45) is 5.41 Å². The van der Waals surface area contributed by atoms with Crippen LogP contribution in [0.2, 0.25) is 0 Å². The van der Waals surface area contributed by atoms with Crippen LogP contribution in [0.4, 0.5) is 0 Å². The van der Waals surface area contributed by atoms with Gasteiger partial charge in [-0.2, -0.15) is 0 Å². The van der Waals surface area contributed by atoms with Gasteiger partial charge in [0.25, 0.3) is 0 Å². The molecule has 0 saturated heterocycles. The van der Waals surface area contributed by atoms with Gasteiger partial charge in [-0.25, -0.2) is 0 Å². The van der Waals surface area contributed by atoms with Crippen molar-refractivity contribution in [2.75, 3.05) is 13.1 Å². The Labute approximate surface area is 183 Å². The Bertz CT molecular complexity index is 840. The van der Waals surface area contributed by atoms with Crippen LogP contribution in [0.3, 0.4) is 0 Å². The number of rotatable bonds is 8. The van der Waals surface area contributed by atoms with Gasteiger partial charge in [0.05, 0.1) is 0 Å². The van der Waals surface area contributed by atoms with Crippen LogP contribution >= 0.6 is 12.4 Å². The van der Waals surface area contributed by atoms with Gasteiger partial charge in [-0.1, -0.05) is 61.2 Å². The molecule has 0 fully saturated rings. The van der Waals surface area contributed by atoms with Crippen molar-refractivity contribution in [3.8, 4) is 17.6 Å². The highest BCUT2D eigenvalue weighted by atomic mass is 35.5. The highest BCUT2D eigenvalue weighted by molar-refractivity contribution is 5.85. The Morgan fingerprint density at radius 3 is 2.52 bits per heavy atom. The van der Waals surface area contributed by atoms with Crippen LogP contribution < -0.4 is 4.74 Å². The molecule has 2 nitrogen and oxygen atoms in total. The molecule has 0 saturated carbocycles. The molecule has 0 N–H and O–H groups in total. The fraction of sp³-hybridized carbons (Fsp3) is 0.385. The molecule has 3 heteroatoms. The summed E-state index contributed by atoms with van der Waals surface area (Å²) in [6.07, 6.45) is 4.11. The maximum absolute atomic E-state index is 6.02. The highest BCUT2D eigenvalue weighted by Gasteiger charge is 2.05. The molecule has 0 aliphatic carbocycles. The summed E-state index contributed by atoms with van der Waals surface area (Å²) in [5.41, 5.74) is 3.80. The largest absolute Gasteiger partial charge is 0.489 e. The average Bonchev–Trinajstić information content (AvgIpc) is 2.65. The van der Waals surface area contributed by atoms with Crippen LogP contribution in [-0.2, 0) is 13.2 Å². The van der Waals surface area contributed by atoms with Crippen LogP contribution in [0.15, 0.2) is 60.7 Å². The van der Waals surface area contributed by atoms with Crippen LogP contribution in [0, 0.1) is 24.2 Å². The van der Waals surface area contributed by atoms with Crippen LogP contribution in [0.25, 0.3) is 0 Å². The van der Waals surface area contributed by atoms with Crippen molar-refractivity contribution < 1.29 is 4.74 Å². The quantitative estimate of drug-likeness (QED) is 0.464. The second-order valence-corrected chi connectivity index (χ2v) is 8.11. The molecule has 0 unspecified atom stereocenters. The van der Waals surface area contributed by atoms with Gasteiger partial charge in [-0.3, -0.25) is 4.90 Å². The van der Waals surface area contributed by atoms with E-state index < -0.39 is 0 Å². The van der Waals surface area contributed by atoms with E-state index in [0.717, 1.165) is 25.4 Å². The summed E-state index contributed by atoms with van der Waals surface area (Å²) >= 11 is 0. The molecule has 0 aromatic heterocycles. The fourth-order valence-electron chi connectivity index (χ4n) is 2.75. The third-order valence-corrected chi connectivity index (χ3v) is 4.42. The van der Waals surface area contributed by atoms with Gasteiger partial charge in [0, 0.05) is 18.5 Å². The molecule has 0 spiro atoms. The van der Waals surface area contributed by atoms with Crippen molar-refractivity contribution in [3.05, 3.63) is 77.4 Å². The van der Waals surface area contributed by atoms with E-state index in [-0.39, 0.29) is 17.8 Å². The molecule has 0 bridgehead atoms. The molecule has 0 radical (unpaired) electrons. The molecule has 0 aliphatic rings. The second kappa shape index (κ2) is 12.4. The van der Waals surface area contributed by atoms with E-state index in [1.54, 1.807) is 0 Å². The smallest absolute Gasteiger partial charge is 0.120 e. The Hall–Kier alpha value is -2.21. The minimum absolute atomic E-state index is 0. The lowest BCUT2D eigenvalue weighted by molar-refractivity contribution is 0.299. The minimum atomic E-state index is 0. The van der Waals surface area contributed by atoms with Gasteiger partial charge >= 0.3 is 0 Å². The van der Waals surface area contributed by atoms with Gasteiger partial charge in [-0.05, 0) is 69.1 Å². The SMILES string of the molecule is CCN(C/C=C/C#CC(C)(C)C)Cc1cccc(OCc2ccccc2C)c1.Cl. The molecule has 0 heterocycles. The molecule has 2 rings (SSSR count). The van der Waals surface area contributed by atoms with Gasteiger partial charge in [0.15, 0.2) is 0 Å². The maximum Gasteiger partial charge on any atom is 0.120 e. The lowest BCUT2D eigenvalue weighted by Gasteiger charge is -2.19. The Morgan fingerprint density at radius 1 is 1.07 bits per heavy atom. The summed E-state index contributed by atoms with van der Waals surface area (Å²) in [7, 11) is 0. The number of nitrogens with zero attached hydrogens (tertiary/aromatic N) is 1. The number of allylic oxidation sites excluding steroid dienone is 1. The van der Waals surface area contributed by atoms with E-state index >= 15 is 0 Å². The fourth-order valence-corrected chi connectivity index (χ4v) is 2.75. The molecule has 29 heavy (non-hydrogen) atoms. The third kappa shape index (κ3) is 9.70. The number of ether oxygens (including phenoxy) is 1. The monoisotopic (exact) mass is 411 g/mol. The zero-order valence-electron chi connectivity index (χ0n) is 18.4. The number of aryl methyl sites for hydroxylation is 1. The van der Waals surface area contributed by atoms with Crippen LogP contribution in [0.1, 0.15) is 44.4 Å². The maximum atomic E-state index is 6.02. The Morgan fingerprint density at radius 2 is 1.83 bits per heavy atom. The number of hydrogen-bond donors (Lipinski definition) is 0. The first-order valence-corrected chi connectivity index (χ1v) is 10.0. The standard InChI is InChI=1S/C26H33NO.ClH/c1-6-27(18-11-7-10-17-26(3,4)5)20-23-14-12-16-25(19-23)28-21-24-15-9-8-13-22(24)2;/h7-9,11-16,19H,6,18,20-21H2,1-5H3;1H/b11-7+;. The summed E-state index contributed by atoms with van der Waals surface area (Å²) in [5.74, 6) is 7.29. The summed E-state index contributed by atoms with van der Waals surface area (Å²) < 4.78 is 6.02. The first-order valence-electron chi connectivity index (χ1n) is 10.0. The summed E-state index contributed by atoms with van der Waals surface area (Å²) in [6.45, 7) is 14.1. The molecule has 156 valence electrons. The number of hydrogen-bond acceptors (Lipinski definition) is 2. The molecule has 0 aliphatic heterocycles. The number of benzene rings is 2. The van der Waals surface area contributed by atoms with E-state index in [4.69, 9.17) is 4.74 Å². The van der Waals surface area contributed by atoms with E-state index in [2.05, 4.69) is 99.9 Å². The molecular weight excluding hydrogens is 378 g/mol. The van der Waals surface area contributed by atoms with Crippen LogP contribution in [0.5, 0.6) is 5.75 Å². The molecular formula is C26H34ClNO. The normalized spacial score (nSPS) is 11.1. The van der Waals surface area contributed by atoms with E-state index in [1.807, 2.05) is 12.1 Å². The third-order valence-electron chi connectivity index (χ3n) is 4.42. The first kappa shape index (κ1) is 24.8. The predicted octanol–water partition coefficient (Wildman–Crippen LogP) is 6.42. The average molecular weight is 412 g/mol. The number of likely N-dealkylation sites (N-methyl/N-ethyl adjacent to an activating group) is 1. The van der Waals surface area contributed by atoms with Gasteiger partial charge in [-0.15, -0.1) is 12.4 Å². The van der Waals surface area contributed by atoms with E-state index in [0.29, 0.717) is 6.61 Å². The van der Waals surface area contributed by atoms with Gasteiger partial charge < -0.3 is 4.74 Å². The van der Waals surface area contributed by atoms with Gasteiger partial charge in [0.2, 0.25) is 0 Å². The van der Waals surface area contributed by atoms with Crippen molar-refractivity contribution in [1.29, 1.82) is 0 Å². The summed E-state index contributed by atoms with van der Waals surface area (Å²) in [6, 6.07) is 16.8. The Kier molecular flexibility index (Phi) is 10.6. The highest BCUT2D eigenvalue weighted by Crippen LogP contribution is 2.18. The van der Waals surface area contributed by atoms with Crippen molar-refractivity contribution in [3.63, 3.8) is 0 Å². The zero-order valence-corrected chi connectivity index (χ0v) is 19.2. The first-order chi connectivity index (χ1) is 13.4. The van der Waals surface area contributed by atoms with Gasteiger partial charge in [0.1, 0.15) is 12.4 Å². The number of halogens is 1. The Balaban J connectivity index is 0.00000420. The molecule has 0 atom stereocenters. The van der Waals surface area contributed by atoms with Crippen molar-refractivity contribution >= 4 is 12.4 Å².